The number of para-hydroxylation sites is 1. The monoisotopic (exact) mass is 361 g/mol. The topological polar surface area (TPSA) is 77.9 Å². The van der Waals surface area contributed by atoms with Gasteiger partial charge in [0.2, 0.25) is 0 Å². The summed E-state index contributed by atoms with van der Waals surface area (Å²) in [4.78, 5) is 12.0. The van der Waals surface area contributed by atoms with Crippen LogP contribution in [0.4, 0.5) is 0 Å². The lowest BCUT2D eigenvalue weighted by Crippen LogP contribution is -2.32. The molecule has 0 unspecified atom stereocenters. The highest BCUT2D eigenvalue weighted by atomic mass is 35.5. The Bertz CT molecular complexity index is 868. The van der Waals surface area contributed by atoms with E-state index in [4.69, 9.17) is 5.84 Å². The molecule has 0 aliphatic heterocycles. The van der Waals surface area contributed by atoms with Crippen molar-refractivity contribution in [3.05, 3.63) is 42.2 Å². The Morgan fingerprint density at radius 1 is 1.20 bits per heavy atom. The van der Waals surface area contributed by atoms with E-state index in [2.05, 4.69) is 47.3 Å². The first-order chi connectivity index (χ1) is 11.7. The average molecular weight is 362 g/mol. The number of fused-ring (bicyclic) bond motifs is 1. The number of nitrogen functional groups attached to an aromatic ring is 1. The summed E-state index contributed by atoms with van der Waals surface area (Å²) in [5, 5.41) is 5.79. The number of carbonyl (C=O) groups is 1. The third kappa shape index (κ3) is 3.55. The van der Waals surface area contributed by atoms with Crippen LogP contribution in [0.1, 0.15) is 37.2 Å². The quantitative estimate of drug-likeness (QED) is 0.401. The summed E-state index contributed by atoms with van der Waals surface area (Å²) in [7, 11) is 0. The summed E-state index contributed by atoms with van der Waals surface area (Å²) in [6.45, 7) is 5.84. The predicted molar refractivity (Wildman–Crippen MR) is 103 cm³/mol. The largest absolute Gasteiger partial charge is 0.347 e. The van der Waals surface area contributed by atoms with Crippen molar-refractivity contribution in [2.24, 2.45) is 5.84 Å². The van der Waals surface area contributed by atoms with E-state index in [0.717, 1.165) is 36.0 Å². The Morgan fingerprint density at radius 3 is 2.60 bits per heavy atom. The Kier molecular flexibility index (Phi) is 6.22. The lowest BCUT2D eigenvalue weighted by Gasteiger charge is -2.03. The summed E-state index contributed by atoms with van der Waals surface area (Å²) in [5.41, 5.74) is 5.72. The zero-order valence-electron chi connectivity index (χ0n) is 14.5. The highest BCUT2D eigenvalue weighted by molar-refractivity contribution is 5.98. The van der Waals surface area contributed by atoms with E-state index >= 15 is 0 Å². The molecule has 1 amide bonds. The smallest absolute Gasteiger partial charge is 0.283 e. The van der Waals surface area contributed by atoms with Crippen molar-refractivity contribution >= 4 is 29.2 Å². The molecule has 0 atom stereocenters. The van der Waals surface area contributed by atoms with Crippen molar-refractivity contribution < 1.29 is 4.79 Å². The number of aryl methyl sites for hydroxylation is 2. The summed E-state index contributed by atoms with van der Waals surface area (Å²) in [6.07, 6.45) is 4.07. The second kappa shape index (κ2) is 8.18. The molecular weight excluding hydrogens is 338 g/mol. The molecule has 1 aromatic carbocycles. The molecule has 3 aromatic rings. The maximum absolute atomic E-state index is 12.0. The van der Waals surface area contributed by atoms with Gasteiger partial charge in [-0.05, 0) is 25.0 Å². The molecule has 7 heteroatoms. The molecule has 25 heavy (non-hydrogen) atoms. The number of hydrogen-bond acceptors (Lipinski definition) is 3. The highest BCUT2D eigenvalue weighted by Crippen LogP contribution is 2.30. The van der Waals surface area contributed by atoms with E-state index in [0.29, 0.717) is 12.2 Å². The molecule has 0 saturated heterocycles. The molecule has 0 saturated carbocycles. The number of hydrogen-bond donors (Lipinski definition) is 2. The lowest BCUT2D eigenvalue weighted by molar-refractivity contribution is 0.0942. The van der Waals surface area contributed by atoms with E-state index in [9.17, 15) is 4.79 Å². The maximum Gasteiger partial charge on any atom is 0.283 e. The Morgan fingerprint density at radius 2 is 1.92 bits per heavy atom. The number of nitrogens with two attached hydrogens (primary N) is 1. The molecule has 2 heterocycles. The third-order valence-corrected chi connectivity index (χ3v) is 4.11. The number of halogens is 1. The molecule has 0 spiro atoms. The van der Waals surface area contributed by atoms with Crippen LogP contribution < -0.4 is 11.3 Å². The van der Waals surface area contributed by atoms with Gasteiger partial charge < -0.3 is 4.57 Å². The minimum absolute atomic E-state index is 0. The third-order valence-electron chi connectivity index (χ3n) is 4.11. The van der Waals surface area contributed by atoms with Gasteiger partial charge in [-0.2, -0.15) is 5.10 Å². The Labute approximate surface area is 153 Å². The first-order valence-corrected chi connectivity index (χ1v) is 8.36. The molecule has 3 rings (SSSR count). The predicted octanol–water partition coefficient (Wildman–Crippen LogP) is 3.35. The van der Waals surface area contributed by atoms with Gasteiger partial charge in [-0.1, -0.05) is 32.0 Å². The van der Waals surface area contributed by atoms with Gasteiger partial charge in [-0.3, -0.25) is 14.9 Å². The van der Waals surface area contributed by atoms with Gasteiger partial charge in [-0.25, -0.2) is 5.84 Å². The molecule has 3 N–H and O–H groups in total. The first-order valence-electron chi connectivity index (χ1n) is 8.36. The van der Waals surface area contributed by atoms with E-state index < -0.39 is 0 Å². The second-order valence-corrected chi connectivity index (χ2v) is 5.86. The highest BCUT2D eigenvalue weighted by Gasteiger charge is 2.18. The minimum atomic E-state index is -0.320. The van der Waals surface area contributed by atoms with Crippen molar-refractivity contribution in [3.63, 3.8) is 0 Å². The van der Waals surface area contributed by atoms with Crippen molar-refractivity contribution in [2.45, 2.75) is 39.8 Å². The molecule has 0 fully saturated rings. The summed E-state index contributed by atoms with van der Waals surface area (Å²) < 4.78 is 3.97. The minimum Gasteiger partial charge on any atom is -0.347 e. The van der Waals surface area contributed by atoms with Crippen LogP contribution in [0.5, 0.6) is 0 Å². The fraction of sp³-hybridized carbons (Fsp3) is 0.333. The maximum atomic E-state index is 12.0. The first kappa shape index (κ1) is 19.0. The number of amides is 1. The summed E-state index contributed by atoms with van der Waals surface area (Å²) in [6, 6.07) is 10.1. The van der Waals surface area contributed by atoms with Crippen molar-refractivity contribution in [2.75, 3.05) is 0 Å². The zero-order chi connectivity index (χ0) is 17.1. The molecular formula is C18H24ClN5O. The molecule has 0 radical (unpaired) electrons. The van der Waals surface area contributed by atoms with E-state index in [1.165, 1.54) is 5.52 Å². The number of carbonyl (C=O) groups excluding carboxylic acids is 1. The van der Waals surface area contributed by atoms with Crippen LogP contribution in [0.15, 0.2) is 36.5 Å². The summed E-state index contributed by atoms with van der Waals surface area (Å²) >= 11 is 0. The van der Waals surface area contributed by atoms with Crippen LogP contribution in [0, 0.1) is 0 Å². The van der Waals surface area contributed by atoms with Gasteiger partial charge in [-0.15, -0.1) is 12.4 Å². The average Bonchev–Trinajstić information content (AvgIpc) is 3.17. The van der Waals surface area contributed by atoms with Crippen LogP contribution in [0.3, 0.4) is 0 Å². The van der Waals surface area contributed by atoms with Gasteiger partial charge in [0.25, 0.3) is 5.91 Å². The summed E-state index contributed by atoms with van der Waals surface area (Å²) in [5.74, 6) is 4.99. The van der Waals surface area contributed by atoms with Crippen molar-refractivity contribution in [1.29, 1.82) is 0 Å². The van der Waals surface area contributed by atoms with Crippen LogP contribution in [-0.2, 0) is 13.1 Å². The van der Waals surface area contributed by atoms with Crippen LogP contribution in [0.2, 0.25) is 0 Å². The molecule has 0 aliphatic carbocycles. The fourth-order valence-electron chi connectivity index (χ4n) is 3.06. The van der Waals surface area contributed by atoms with Crippen molar-refractivity contribution in [3.8, 4) is 11.3 Å². The van der Waals surface area contributed by atoms with Gasteiger partial charge in [0.1, 0.15) is 5.69 Å². The standard InChI is InChI=1S/C18H23N5O.ClH/c1-3-9-22-12-14(13-7-5-6-8-16(13)22)15-11-17(18(24)20-19)23(21-15)10-4-2;/h5-8,11-12H,3-4,9-10,19H2,1-2H3,(H,20,24);1H. The van der Waals surface area contributed by atoms with E-state index in [1.54, 1.807) is 4.68 Å². The van der Waals surface area contributed by atoms with Crippen LogP contribution in [0.25, 0.3) is 22.2 Å². The normalized spacial score (nSPS) is 10.7. The second-order valence-electron chi connectivity index (χ2n) is 5.86. The molecule has 0 bridgehead atoms. The van der Waals surface area contributed by atoms with Crippen LogP contribution >= 0.6 is 12.4 Å². The number of aromatic nitrogens is 3. The van der Waals surface area contributed by atoms with E-state index in [-0.39, 0.29) is 18.3 Å². The number of hydrazine groups is 1. The molecule has 2 aromatic heterocycles. The SMILES string of the molecule is CCCn1nc(-c2cn(CCC)c3ccccc23)cc1C(=O)NN.Cl. The zero-order valence-corrected chi connectivity index (χ0v) is 15.3. The molecule has 0 aliphatic rings. The van der Waals surface area contributed by atoms with Gasteiger partial charge in [0.05, 0.1) is 5.69 Å². The molecule has 6 nitrogen and oxygen atoms in total. The van der Waals surface area contributed by atoms with Gasteiger partial charge >= 0.3 is 0 Å². The number of nitrogens with zero attached hydrogens (tertiary/aromatic N) is 3. The lowest BCUT2D eigenvalue weighted by atomic mass is 10.1. The number of nitrogens with one attached hydrogen (secondary N) is 1. The molecule has 134 valence electrons. The van der Waals surface area contributed by atoms with Gasteiger partial charge in [0.15, 0.2) is 0 Å². The van der Waals surface area contributed by atoms with Gasteiger partial charge in [0, 0.05) is 35.8 Å². The number of benzene rings is 1. The number of rotatable bonds is 6. The van der Waals surface area contributed by atoms with Crippen LogP contribution in [-0.4, -0.2) is 20.3 Å². The Balaban J connectivity index is 0.00000225. The van der Waals surface area contributed by atoms with Crippen molar-refractivity contribution in [1.82, 2.24) is 19.8 Å². The Hall–Kier alpha value is -2.31. The fourth-order valence-corrected chi connectivity index (χ4v) is 3.06. The van der Waals surface area contributed by atoms with E-state index in [1.807, 2.05) is 18.2 Å².